The van der Waals surface area contributed by atoms with Crippen molar-refractivity contribution in [2.24, 2.45) is 0 Å². The summed E-state index contributed by atoms with van der Waals surface area (Å²) in [4.78, 5) is 11.5. The molecule has 146 valence electrons. The summed E-state index contributed by atoms with van der Waals surface area (Å²) in [6.45, 7) is 5.79. The molecule has 28 heavy (non-hydrogen) atoms. The molecule has 3 N–H and O–H groups in total. The number of phenolic OH excluding ortho intramolecular Hbond substituents is 1. The van der Waals surface area contributed by atoms with Crippen LogP contribution in [0.15, 0.2) is 30.3 Å². The van der Waals surface area contributed by atoms with Gasteiger partial charge in [0.15, 0.2) is 11.6 Å². The van der Waals surface area contributed by atoms with Crippen molar-refractivity contribution < 1.29 is 5.11 Å². The van der Waals surface area contributed by atoms with Gasteiger partial charge < -0.3 is 15.3 Å². The zero-order chi connectivity index (χ0) is 19.5. The molecule has 0 saturated carbocycles. The van der Waals surface area contributed by atoms with Gasteiger partial charge in [-0.25, -0.2) is 9.97 Å². The van der Waals surface area contributed by atoms with Crippen molar-refractivity contribution in [3.05, 3.63) is 41.9 Å². The van der Waals surface area contributed by atoms with Crippen LogP contribution in [0.4, 0.5) is 5.82 Å². The number of aromatic nitrogens is 6. The van der Waals surface area contributed by atoms with Gasteiger partial charge in [-0.1, -0.05) is 17.3 Å². The van der Waals surface area contributed by atoms with Crippen molar-refractivity contribution in [1.29, 1.82) is 0 Å². The van der Waals surface area contributed by atoms with Crippen LogP contribution in [0, 0.1) is 6.92 Å². The quantitative estimate of drug-likeness (QED) is 0.615. The average molecular weight is 380 g/mol. The predicted octanol–water partition coefficient (Wildman–Crippen LogP) is 1.99. The minimum absolute atomic E-state index is 0.0595. The molecule has 0 aliphatic carbocycles. The van der Waals surface area contributed by atoms with Crippen LogP contribution in [0.5, 0.6) is 5.75 Å². The number of hydrogen-bond acceptors (Lipinski definition) is 8. The highest BCUT2D eigenvalue weighted by Gasteiger charge is 2.23. The van der Waals surface area contributed by atoms with E-state index in [1.54, 1.807) is 12.1 Å². The molecule has 4 rings (SSSR count). The number of piperidine rings is 1. The van der Waals surface area contributed by atoms with E-state index in [1.807, 2.05) is 32.0 Å². The van der Waals surface area contributed by atoms with Crippen molar-refractivity contribution in [1.82, 2.24) is 35.9 Å². The van der Waals surface area contributed by atoms with E-state index in [1.165, 1.54) is 0 Å². The largest absolute Gasteiger partial charge is 0.507 e. The van der Waals surface area contributed by atoms with Crippen LogP contribution in [0.25, 0.3) is 11.4 Å². The number of phenols is 1. The Balaban J connectivity index is 1.44. The molecule has 0 radical (unpaired) electrons. The fourth-order valence-corrected chi connectivity index (χ4v) is 3.55. The van der Waals surface area contributed by atoms with E-state index in [4.69, 9.17) is 4.98 Å². The Hall–Kier alpha value is -3.07. The van der Waals surface area contributed by atoms with E-state index in [9.17, 15) is 5.11 Å². The summed E-state index contributed by atoms with van der Waals surface area (Å²) >= 11 is 0. The summed E-state index contributed by atoms with van der Waals surface area (Å²) in [5, 5.41) is 27.9. The summed E-state index contributed by atoms with van der Waals surface area (Å²) in [5.74, 6) is 2.33. The minimum atomic E-state index is 0.0595. The van der Waals surface area contributed by atoms with Crippen molar-refractivity contribution in [2.45, 2.75) is 38.8 Å². The predicted molar refractivity (Wildman–Crippen MR) is 105 cm³/mol. The number of aryl methyl sites for hydroxylation is 1. The fourth-order valence-electron chi connectivity index (χ4n) is 3.55. The van der Waals surface area contributed by atoms with Crippen LogP contribution in [0.3, 0.4) is 0 Å². The van der Waals surface area contributed by atoms with Gasteiger partial charge in [0.1, 0.15) is 11.6 Å². The molecule has 1 aliphatic rings. The first-order valence-electron chi connectivity index (χ1n) is 9.48. The van der Waals surface area contributed by atoms with Gasteiger partial charge in [0.25, 0.3) is 0 Å². The Labute approximate surface area is 163 Å². The van der Waals surface area contributed by atoms with Crippen LogP contribution < -0.4 is 10.2 Å². The lowest BCUT2D eigenvalue weighted by Crippen LogP contribution is -2.43. The SMILES string of the molecule is Cc1cc(N2CCC(NC(C)c3nn[nH]n3)CC2)nc(-c2ccccc2O)n1. The van der Waals surface area contributed by atoms with E-state index >= 15 is 0 Å². The van der Waals surface area contributed by atoms with Gasteiger partial charge in [-0.3, -0.25) is 0 Å². The lowest BCUT2D eigenvalue weighted by Gasteiger charge is -2.34. The van der Waals surface area contributed by atoms with Crippen LogP contribution in [-0.2, 0) is 0 Å². The lowest BCUT2D eigenvalue weighted by molar-refractivity contribution is 0.373. The van der Waals surface area contributed by atoms with Gasteiger partial charge in [0.05, 0.1) is 11.6 Å². The van der Waals surface area contributed by atoms with Crippen molar-refractivity contribution in [2.75, 3.05) is 18.0 Å². The molecule has 1 fully saturated rings. The second-order valence-electron chi connectivity index (χ2n) is 7.13. The first kappa shape index (κ1) is 18.3. The Morgan fingerprint density at radius 3 is 2.71 bits per heavy atom. The average Bonchev–Trinajstić information content (AvgIpc) is 3.23. The molecule has 3 heterocycles. The molecular formula is C19H24N8O. The summed E-state index contributed by atoms with van der Waals surface area (Å²) in [6.07, 6.45) is 1.99. The highest BCUT2D eigenvalue weighted by molar-refractivity contribution is 5.65. The molecule has 1 aliphatic heterocycles. The van der Waals surface area contributed by atoms with Crippen LogP contribution >= 0.6 is 0 Å². The molecule has 9 nitrogen and oxygen atoms in total. The molecule has 0 spiro atoms. The van der Waals surface area contributed by atoms with E-state index in [0.29, 0.717) is 23.3 Å². The standard InChI is InChI=1S/C19H24N8O/c1-12-11-17(22-19(20-12)15-5-3-4-6-16(15)28)27-9-7-14(8-10-27)21-13(2)18-23-25-26-24-18/h3-6,11,13-14,21,28H,7-10H2,1-2H3,(H,23,24,25,26). The number of para-hydroxylation sites is 1. The normalized spacial score (nSPS) is 16.3. The van der Waals surface area contributed by atoms with Crippen molar-refractivity contribution in [3.63, 3.8) is 0 Å². The third-order valence-electron chi connectivity index (χ3n) is 5.04. The Morgan fingerprint density at radius 1 is 1.21 bits per heavy atom. The Morgan fingerprint density at radius 2 is 2.00 bits per heavy atom. The molecule has 0 bridgehead atoms. The maximum atomic E-state index is 10.1. The first-order valence-corrected chi connectivity index (χ1v) is 9.48. The number of tetrazole rings is 1. The maximum absolute atomic E-state index is 10.1. The molecule has 3 aromatic rings. The number of H-pyrrole nitrogens is 1. The van der Waals surface area contributed by atoms with Crippen LogP contribution in [0.2, 0.25) is 0 Å². The Kier molecular flexibility index (Phi) is 5.16. The molecule has 2 aromatic heterocycles. The van der Waals surface area contributed by atoms with Crippen molar-refractivity contribution in [3.8, 4) is 17.1 Å². The van der Waals surface area contributed by atoms with Crippen LogP contribution in [-0.4, -0.2) is 54.8 Å². The number of aromatic amines is 1. The van der Waals surface area contributed by atoms with Gasteiger partial charge in [-0.15, -0.1) is 10.2 Å². The third-order valence-corrected chi connectivity index (χ3v) is 5.04. The minimum Gasteiger partial charge on any atom is -0.507 e. The van der Waals surface area contributed by atoms with Gasteiger partial charge in [-0.2, -0.15) is 5.21 Å². The number of nitrogens with zero attached hydrogens (tertiary/aromatic N) is 6. The third kappa shape index (κ3) is 3.94. The highest BCUT2D eigenvalue weighted by Crippen LogP contribution is 2.28. The molecule has 1 atom stereocenters. The molecule has 1 saturated heterocycles. The monoisotopic (exact) mass is 380 g/mol. The second-order valence-corrected chi connectivity index (χ2v) is 7.13. The number of anilines is 1. The van der Waals surface area contributed by atoms with Gasteiger partial charge in [0.2, 0.25) is 0 Å². The molecule has 1 unspecified atom stereocenters. The zero-order valence-corrected chi connectivity index (χ0v) is 16.0. The summed E-state index contributed by atoms with van der Waals surface area (Å²) in [5.41, 5.74) is 1.53. The number of aromatic hydroxyl groups is 1. The molecule has 1 aromatic carbocycles. The zero-order valence-electron chi connectivity index (χ0n) is 16.0. The highest BCUT2D eigenvalue weighted by atomic mass is 16.3. The van der Waals surface area contributed by atoms with Gasteiger partial charge in [-0.05, 0) is 38.8 Å². The number of benzene rings is 1. The van der Waals surface area contributed by atoms with E-state index < -0.39 is 0 Å². The van der Waals surface area contributed by atoms with Crippen LogP contribution in [0.1, 0.15) is 37.3 Å². The number of rotatable bonds is 5. The topological polar surface area (TPSA) is 116 Å². The number of hydrogen-bond donors (Lipinski definition) is 3. The van der Waals surface area contributed by atoms with Crippen molar-refractivity contribution >= 4 is 5.82 Å². The molecule has 0 amide bonds. The van der Waals surface area contributed by atoms with E-state index in [2.05, 4.69) is 35.8 Å². The van der Waals surface area contributed by atoms with E-state index in [0.717, 1.165) is 37.4 Å². The fraction of sp³-hybridized carbons (Fsp3) is 0.421. The van der Waals surface area contributed by atoms with E-state index in [-0.39, 0.29) is 11.8 Å². The summed E-state index contributed by atoms with van der Waals surface area (Å²) in [7, 11) is 0. The smallest absolute Gasteiger partial charge is 0.191 e. The first-order chi connectivity index (χ1) is 13.6. The summed E-state index contributed by atoms with van der Waals surface area (Å²) < 4.78 is 0. The Bertz CT molecular complexity index is 921. The molecular weight excluding hydrogens is 356 g/mol. The second kappa shape index (κ2) is 7.89. The lowest BCUT2D eigenvalue weighted by atomic mass is 10.0. The molecule has 9 heteroatoms. The maximum Gasteiger partial charge on any atom is 0.191 e. The van der Waals surface area contributed by atoms with Gasteiger partial charge >= 0.3 is 0 Å². The summed E-state index contributed by atoms with van der Waals surface area (Å²) in [6, 6.07) is 9.62. The van der Waals surface area contributed by atoms with Gasteiger partial charge in [0, 0.05) is 30.9 Å². The number of nitrogens with one attached hydrogen (secondary N) is 2.